The molecule has 2 aliphatic carbocycles. The van der Waals surface area contributed by atoms with E-state index in [1.54, 1.807) is 0 Å². The van der Waals surface area contributed by atoms with Gasteiger partial charge in [-0.15, -0.1) is 0 Å². The maximum atomic E-state index is 11.8. The second-order valence-electron chi connectivity index (χ2n) is 6.62. The normalized spacial score (nSPS) is 45.4. The van der Waals surface area contributed by atoms with Crippen LogP contribution in [0.4, 0.5) is 0 Å². The van der Waals surface area contributed by atoms with Crippen LogP contribution in [0.25, 0.3) is 0 Å². The summed E-state index contributed by atoms with van der Waals surface area (Å²) in [5.74, 6) is 1.80. The van der Waals surface area contributed by atoms with E-state index < -0.39 is 0 Å². The largest absolute Gasteiger partial charge is 0.346 e. The summed E-state index contributed by atoms with van der Waals surface area (Å²) in [7, 11) is 0. The van der Waals surface area contributed by atoms with Gasteiger partial charge in [0.1, 0.15) is 0 Å². The Morgan fingerprint density at radius 1 is 1.35 bits per heavy atom. The Hall–Kier alpha value is -0.790. The second-order valence-corrected chi connectivity index (χ2v) is 6.62. The molecule has 4 atom stereocenters. The number of nitrogens with one attached hydrogen (secondary N) is 1. The van der Waals surface area contributed by atoms with Crippen molar-refractivity contribution in [2.75, 3.05) is 0 Å². The van der Waals surface area contributed by atoms with Crippen LogP contribution in [-0.4, -0.2) is 11.9 Å². The molecule has 1 heterocycles. The first-order chi connectivity index (χ1) is 8.02. The topological polar surface area (TPSA) is 29.1 Å². The van der Waals surface area contributed by atoms with Gasteiger partial charge in [0, 0.05) is 5.57 Å². The summed E-state index contributed by atoms with van der Waals surface area (Å²) in [5, 5.41) is 3.16. The SMILES string of the molecule is CC1=C2CC3(C)C(C)CCCC3CC2NC1=O. The molecule has 1 N–H and O–H groups in total. The predicted molar refractivity (Wildman–Crippen MR) is 68.5 cm³/mol. The van der Waals surface area contributed by atoms with E-state index in [9.17, 15) is 4.79 Å². The minimum absolute atomic E-state index is 0.180. The highest BCUT2D eigenvalue weighted by Crippen LogP contribution is 2.55. The quantitative estimate of drug-likeness (QED) is 0.684. The monoisotopic (exact) mass is 233 g/mol. The molecule has 0 aromatic heterocycles. The molecule has 2 heteroatoms. The van der Waals surface area contributed by atoms with Crippen LogP contribution < -0.4 is 5.32 Å². The van der Waals surface area contributed by atoms with Crippen molar-refractivity contribution in [1.29, 1.82) is 0 Å². The summed E-state index contributed by atoms with van der Waals surface area (Å²) in [6.07, 6.45) is 6.43. The molecule has 0 spiro atoms. The molecule has 94 valence electrons. The number of carbonyl (C=O) groups excluding carboxylic acids is 1. The van der Waals surface area contributed by atoms with Crippen LogP contribution in [0.15, 0.2) is 11.1 Å². The maximum Gasteiger partial charge on any atom is 0.247 e. The van der Waals surface area contributed by atoms with Crippen LogP contribution in [0.2, 0.25) is 0 Å². The van der Waals surface area contributed by atoms with E-state index in [4.69, 9.17) is 0 Å². The first kappa shape index (κ1) is 11.3. The van der Waals surface area contributed by atoms with Crippen LogP contribution in [0.3, 0.4) is 0 Å². The van der Waals surface area contributed by atoms with Crippen molar-refractivity contribution >= 4 is 5.91 Å². The van der Waals surface area contributed by atoms with E-state index in [-0.39, 0.29) is 5.91 Å². The molecule has 1 amide bonds. The number of amides is 1. The lowest BCUT2D eigenvalue weighted by Gasteiger charge is -2.51. The zero-order valence-corrected chi connectivity index (χ0v) is 11.2. The van der Waals surface area contributed by atoms with E-state index in [0.717, 1.165) is 23.8 Å². The molecule has 3 aliphatic rings. The summed E-state index contributed by atoms with van der Waals surface area (Å²) < 4.78 is 0. The number of rotatable bonds is 0. The molecule has 2 saturated carbocycles. The van der Waals surface area contributed by atoms with Gasteiger partial charge in [-0.1, -0.05) is 26.7 Å². The minimum Gasteiger partial charge on any atom is -0.346 e. The van der Waals surface area contributed by atoms with Gasteiger partial charge in [-0.2, -0.15) is 0 Å². The van der Waals surface area contributed by atoms with Gasteiger partial charge in [-0.25, -0.2) is 0 Å². The number of fused-ring (bicyclic) bond motifs is 2. The second kappa shape index (κ2) is 3.60. The van der Waals surface area contributed by atoms with Crippen LogP contribution in [-0.2, 0) is 4.79 Å². The molecule has 0 bridgehead atoms. The molecular formula is C15H23NO. The van der Waals surface area contributed by atoms with Crippen molar-refractivity contribution in [3.63, 3.8) is 0 Å². The summed E-state index contributed by atoms with van der Waals surface area (Å²) >= 11 is 0. The number of hydrogen-bond acceptors (Lipinski definition) is 1. The van der Waals surface area contributed by atoms with Gasteiger partial charge >= 0.3 is 0 Å². The Kier molecular flexibility index (Phi) is 2.39. The highest BCUT2D eigenvalue weighted by atomic mass is 16.2. The van der Waals surface area contributed by atoms with Crippen molar-refractivity contribution < 1.29 is 4.79 Å². The molecule has 0 saturated heterocycles. The van der Waals surface area contributed by atoms with Gasteiger partial charge in [-0.3, -0.25) is 4.79 Å². The third kappa shape index (κ3) is 1.49. The molecule has 3 rings (SSSR count). The van der Waals surface area contributed by atoms with Gasteiger partial charge in [0.2, 0.25) is 5.91 Å². The van der Waals surface area contributed by atoms with E-state index in [2.05, 4.69) is 19.2 Å². The van der Waals surface area contributed by atoms with E-state index in [1.165, 1.54) is 31.3 Å². The van der Waals surface area contributed by atoms with E-state index >= 15 is 0 Å². The Morgan fingerprint density at radius 2 is 2.12 bits per heavy atom. The number of carbonyl (C=O) groups is 1. The smallest absolute Gasteiger partial charge is 0.247 e. The Labute approximate surface area is 104 Å². The average Bonchev–Trinajstić information content (AvgIpc) is 2.55. The number of hydrogen-bond donors (Lipinski definition) is 1. The van der Waals surface area contributed by atoms with Crippen molar-refractivity contribution in [2.24, 2.45) is 17.3 Å². The molecule has 2 nitrogen and oxygen atoms in total. The standard InChI is InChI=1S/C15H23NO/c1-9-5-4-6-11-7-13-12(8-15(9,11)3)10(2)14(17)16-13/h9,11,13H,4-8H2,1-3H3,(H,16,17). The lowest BCUT2D eigenvalue weighted by molar-refractivity contribution is -0.117. The fraction of sp³-hybridized carbons (Fsp3) is 0.800. The zero-order valence-electron chi connectivity index (χ0n) is 11.2. The molecule has 0 radical (unpaired) electrons. The van der Waals surface area contributed by atoms with Gasteiger partial charge < -0.3 is 5.32 Å². The first-order valence-electron chi connectivity index (χ1n) is 7.03. The van der Waals surface area contributed by atoms with Crippen molar-refractivity contribution in [3.05, 3.63) is 11.1 Å². The van der Waals surface area contributed by atoms with E-state index in [0.29, 0.717) is 11.5 Å². The highest BCUT2D eigenvalue weighted by Gasteiger charge is 2.49. The van der Waals surface area contributed by atoms with Crippen molar-refractivity contribution in [2.45, 2.75) is 58.9 Å². The predicted octanol–water partition coefficient (Wildman–Crippen LogP) is 3.04. The average molecular weight is 233 g/mol. The van der Waals surface area contributed by atoms with Gasteiger partial charge in [0.05, 0.1) is 6.04 Å². The molecule has 17 heavy (non-hydrogen) atoms. The molecule has 1 aliphatic heterocycles. The summed E-state index contributed by atoms with van der Waals surface area (Å²) in [6, 6.07) is 0.367. The third-order valence-electron chi connectivity index (χ3n) is 5.89. The highest BCUT2D eigenvalue weighted by molar-refractivity contribution is 5.97. The minimum atomic E-state index is 0.180. The van der Waals surface area contributed by atoms with Gasteiger partial charge in [0.25, 0.3) is 0 Å². The fourth-order valence-corrected chi connectivity index (χ4v) is 4.35. The molecule has 4 unspecified atom stereocenters. The van der Waals surface area contributed by atoms with Gasteiger partial charge in [-0.05, 0) is 49.0 Å². The van der Waals surface area contributed by atoms with Crippen LogP contribution >= 0.6 is 0 Å². The summed E-state index contributed by atoms with van der Waals surface area (Å²) in [4.78, 5) is 11.8. The lowest BCUT2D eigenvalue weighted by Crippen LogP contribution is -2.46. The van der Waals surface area contributed by atoms with Crippen molar-refractivity contribution in [3.8, 4) is 0 Å². The maximum absolute atomic E-state index is 11.8. The molecule has 0 aromatic rings. The van der Waals surface area contributed by atoms with E-state index in [1.807, 2.05) is 6.92 Å². The third-order valence-corrected chi connectivity index (χ3v) is 5.89. The first-order valence-corrected chi connectivity index (χ1v) is 7.03. The fourth-order valence-electron chi connectivity index (χ4n) is 4.35. The summed E-state index contributed by atoms with van der Waals surface area (Å²) in [5.41, 5.74) is 2.87. The zero-order chi connectivity index (χ0) is 12.2. The Morgan fingerprint density at radius 3 is 2.88 bits per heavy atom. The van der Waals surface area contributed by atoms with Crippen molar-refractivity contribution in [1.82, 2.24) is 5.32 Å². The Bertz CT molecular complexity index is 398. The van der Waals surface area contributed by atoms with Crippen LogP contribution in [0, 0.1) is 17.3 Å². The molecule has 0 aromatic carbocycles. The van der Waals surface area contributed by atoms with Gasteiger partial charge in [0.15, 0.2) is 0 Å². The molecule has 2 fully saturated rings. The van der Waals surface area contributed by atoms with Crippen LogP contribution in [0.5, 0.6) is 0 Å². The lowest BCUT2D eigenvalue weighted by atomic mass is 9.54. The summed E-state index contributed by atoms with van der Waals surface area (Å²) in [6.45, 7) is 6.87. The van der Waals surface area contributed by atoms with Crippen LogP contribution in [0.1, 0.15) is 52.9 Å². The Balaban J connectivity index is 1.95. The molecular weight excluding hydrogens is 210 g/mol.